The van der Waals surface area contributed by atoms with Gasteiger partial charge in [0.2, 0.25) is 0 Å². The predicted octanol–water partition coefficient (Wildman–Crippen LogP) is 4.87. The van der Waals surface area contributed by atoms with E-state index in [1.54, 1.807) is 30.3 Å². The van der Waals surface area contributed by atoms with E-state index in [0.29, 0.717) is 11.5 Å². The van der Waals surface area contributed by atoms with Crippen LogP contribution < -0.4 is 4.74 Å². The highest BCUT2D eigenvalue weighted by Gasteiger charge is 2.10. The lowest BCUT2D eigenvalue weighted by molar-refractivity contribution is 0.465. The number of hydrogen-bond donors (Lipinski definition) is 2. The molecule has 3 nitrogen and oxygen atoms in total. The van der Waals surface area contributed by atoms with Gasteiger partial charge in [0, 0.05) is 5.56 Å². The van der Waals surface area contributed by atoms with Crippen molar-refractivity contribution in [2.75, 3.05) is 0 Å². The molecule has 22 heavy (non-hydrogen) atoms. The fourth-order valence-corrected chi connectivity index (χ4v) is 2.37. The van der Waals surface area contributed by atoms with Crippen molar-refractivity contribution >= 4 is 0 Å². The standard InChI is InChI=1S/C19H16O3/c1-13-9-14(11-16(21)10-13)18-12-15(20)7-8-19(18)22-17-5-3-2-4-6-17/h2-12,20-21H,1H3. The van der Waals surface area contributed by atoms with Crippen LogP contribution in [0, 0.1) is 6.92 Å². The van der Waals surface area contributed by atoms with Gasteiger partial charge in [-0.05, 0) is 60.5 Å². The van der Waals surface area contributed by atoms with Crippen molar-refractivity contribution in [2.24, 2.45) is 0 Å². The van der Waals surface area contributed by atoms with Crippen molar-refractivity contribution in [1.82, 2.24) is 0 Å². The molecule has 0 spiro atoms. The van der Waals surface area contributed by atoms with Crippen molar-refractivity contribution < 1.29 is 14.9 Å². The molecule has 0 saturated carbocycles. The summed E-state index contributed by atoms with van der Waals surface area (Å²) >= 11 is 0. The summed E-state index contributed by atoms with van der Waals surface area (Å²) in [7, 11) is 0. The van der Waals surface area contributed by atoms with E-state index in [1.165, 1.54) is 0 Å². The fourth-order valence-electron chi connectivity index (χ4n) is 2.37. The monoisotopic (exact) mass is 292 g/mol. The van der Waals surface area contributed by atoms with Gasteiger partial charge in [0.1, 0.15) is 23.0 Å². The minimum atomic E-state index is 0.149. The average Bonchev–Trinajstić information content (AvgIpc) is 2.49. The molecular formula is C19H16O3. The summed E-state index contributed by atoms with van der Waals surface area (Å²) in [6.07, 6.45) is 0. The number of hydrogen-bond acceptors (Lipinski definition) is 3. The first-order valence-electron chi connectivity index (χ1n) is 6.99. The smallest absolute Gasteiger partial charge is 0.135 e. The number of ether oxygens (including phenoxy) is 1. The predicted molar refractivity (Wildman–Crippen MR) is 86.5 cm³/mol. The highest BCUT2D eigenvalue weighted by atomic mass is 16.5. The molecule has 3 aromatic rings. The van der Waals surface area contributed by atoms with Crippen LogP contribution in [0.3, 0.4) is 0 Å². The molecular weight excluding hydrogens is 276 g/mol. The zero-order valence-electron chi connectivity index (χ0n) is 12.2. The van der Waals surface area contributed by atoms with Crippen LogP contribution in [0.4, 0.5) is 0 Å². The van der Waals surface area contributed by atoms with Gasteiger partial charge in [-0.15, -0.1) is 0 Å². The van der Waals surface area contributed by atoms with Crippen LogP contribution in [-0.2, 0) is 0 Å². The number of benzene rings is 3. The molecule has 3 aromatic carbocycles. The Hall–Kier alpha value is -2.94. The maximum absolute atomic E-state index is 9.80. The lowest BCUT2D eigenvalue weighted by Crippen LogP contribution is -1.89. The topological polar surface area (TPSA) is 49.7 Å². The van der Waals surface area contributed by atoms with Crippen LogP contribution in [0.1, 0.15) is 5.56 Å². The molecule has 0 aliphatic carbocycles. The molecule has 0 heterocycles. The number of para-hydroxylation sites is 1. The third kappa shape index (κ3) is 3.04. The van der Waals surface area contributed by atoms with E-state index in [2.05, 4.69) is 0 Å². The fraction of sp³-hybridized carbons (Fsp3) is 0.0526. The average molecular weight is 292 g/mol. The van der Waals surface area contributed by atoms with Gasteiger partial charge in [0.25, 0.3) is 0 Å². The van der Waals surface area contributed by atoms with Crippen LogP contribution in [0.25, 0.3) is 11.1 Å². The van der Waals surface area contributed by atoms with Crippen molar-refractivity contribution in [3.05, 3.63) is 72.3 Å². The molecule has 0 aliphatic rings. The Morgan fingerprint density at radius 3 is 2.27 bits per heavy atom. The second-order valence-electron chi connectivity index (χ2n) is 5.15. The maximum atomic E-state index is 9.80. The molecule has 3 heteroatoms. The van der Waals surface area contributed by atoms with E-state index in [9.17, 15) is 10.2 Å². The summed E-state index contributed by atoms with van der Waals surface area (Å²) in [4.78, 5) is 0. The van der Waals surface area contributed by atoms with Crippen LogP contribution in [0.15, 0.2) is 66.7 Å². The summed E-state index contributed by atoms with van der Waals surface area (Å²) in [5.74, 6) is 1.67. The van der Waals surface area contributed by atoms with Gasteiger partial charge in [-0.1, -0.05) is 24.3 Å². The first-order chi connectivity index (χ1) is 10.6. The maximum Gasteiger partial charge on any atom is 0.135 e. The molecule has 0 fully saturated rings. The van der Waals surface area contributed by atoms with E-state index < -0.39 is 0 Å². The Morgan fingerprint density at radius 1 is 0.773 bits per heavy atom. The van der Waals surface area contributed by atoms with E-state index in [1.807, 2.05) is 43.3 Å². The van der Waals surface area contributed by atoms with Gasteiger partial charge in [-0.3, -0.25) is 0 Å². The highest BCUT2D eigenvalue weighted by molar-refractivity contribution is 5.74. The lowest BCUT2D eigenvalue weighted by Gasteiger charge is -2.13. The molecule has 0 aliphatic heterocycles. The zero-order valence-corrected chi connectivity index (χ0v) is 12.2. The van der Waals surface area contributed by atoms with E-state index in [0.717, 1.165) is 16.7 Å². The molecule has 0 bridgehead atoms. The minimum Gasteiger partial charge on any atom is -0.508 e. The summed E-state index contributed by atoms with van der Waals surface area (Å²) in [5.41, 5.74) is 2.45. The van der Waals surface area contributed by atoms with Gasteiger partial charge < -0.3 is 14.9 Å². The highest BCUT2D eigenvalue weighted by Crippen LogP contribution is 2.37. The first kappa shape index (κ1) is 14.0. The number of aryl methyl sites for hydroxylation is 1. The second kappa shape index (κ2) is 5.82. The molecule has 0 atom stereocenters. The van der Waals surface area contributed by atoms with Gasteiger partial charge >= 0.3 is 0 Å². The molecule has 0 unspecified atom stereocenters. The molecule has 0 radical (unpaired) electrons. The minimum absolute atomic E-state index is 0.149. The number of rotatable bonds is 3. The number of aromatic hydroxyl groups is 2. The van der Waals surface area contributed by atoms with Crippen LogP contribution in [0.2, 0.25) is 0 Å². The first-order valence-corrected chi connectivity index (χ1v) is 6.99. The third-order valence-corrected chi connectivity index (χ3v) is 3.31. The van der Waals surface area contributed by atoms with Gasteiger partial charge in [0.15, 0.2) is 0 Å². The summed E-state index contributed by atoms with van der Waals surface area (Å²) < 4.78 is 5.91. The molecule has 3 rings (SSSR count). The van der Waals surface area contributed by atoms with Crippen LogP contribution in [-0.4, -0.2) is 10.2 Å². The third-order valence-electron chi connectivity index (χ3n) is 3.31. The number of phenolic OH excluding ortho intramolecular Hbond substituents is 2. The SMILES string of the molecule is Cc1cc(O)cc(-c2cc(O)ccc2Oc2ccccc2)c1. The largest absolute Gasteiger partial charge is 0.508 e. The molecule has 110 valence electrons. The Kier molecular flexibility index (Phi) is 3.71. The van der Waals surface area contributed by atoms with Crippen molar-refractivity contribution in [2.45, 2.75) is 6.92 Å². The Bertz CT molecular complexity index is 775. The molecule has 0 saturated heterocycles. The zero-order chi connectivity index (χ0) is 15.5. The lowest BCUT2D eigenvalue weighted by atomic mass is 10.0. The van der Waals surface area contributed by atoms with E-state index in [4.69, 9.17) is 4.74 Å². The van der Waals surface area contributed by atoms with Gasteiger partial charge in [0.05, 0.1) is 0 Å². The molecule has 0 aromatic heterocycles. The Labute approximate surface area is 129 Å². The van der Waals surface area contributed by atoms with Crippen molar-refractivity contribution in [3.63, 3.8) is 0 Å². The summed E-state index contributed by atoms with van der Waals surface area (Å²) in [6.45, 7) is 1.91. The normalized spacial score (nSPS) is 10.4. The van der Waals surface area contributed by atoms with Crippen molar-refractivity contribution in [1.29, 1.82) is 0 Å². The molecule has 0 amide bonds. The number of phenols is 2. The summed E-state index contributed by atoms with van der Waals surface area (Å²) in [6, 6.07) is 19.6. The van der Waals surface area contributed by atoms with Gasteiger partial charge in [-0.25, -0.2) is 0 Å². The second-order valence-corrected chi connectivity index (χ2v) is 5.15. The molecule has 2 N–H and O–H groups in total. The van der Waals surface area contributed by atoms with E-state index in [-0.39, 0.29) is 11.5 Å². The van der Waals surface area contributed by atoms with E-state index >= 15 is 0 Å². The van der Waals surface area contributed by atoms with Crippen molar-refractivity contribution in [3.8, 4) is 34.1 Å². The quantitative estimate of drug-likeness (QED) is 0.724. The van der Waals surface area contributed by atoms with Gasteiger partial charge in [-0.2, -0.15) is 0 Å². The summed E-state index contributed by atoms with van der Waals surface area (Å²) in [5, 5.41) is 19.6. The Balaban J connectivity index is 2.08. The Morgan fingerprint density at radius 2 is 1.55 bits per heavy atom. The van der Waals surface area contributed by atoms with Crippen LogP contribution in [0.5, 0.6) is 23.0 Å². The van der Waals surface area contributed by atoms with Crippen LogP contribution >= 0.6 is 0 Å².